The number of aromatic nitrogens is 2. The van der Waals surface area contributed by atoms with Crippen LogP contribution in [0, 0.1) is 0 Å². The summed E-state index contributed by atoms with van der Waals surface area (Å²) in [7, 11) is 0. The number of fused-ring (bicyclic) bond motifs is 1. The third-order valence-electron chi connectivity index (χ3n) is 3.04. The van der Waals surface area contributed by atoms with Gasteiger partial charge in [-0.1, -0.05) is 18.2 Å². The average Bonchev–Trinajstić information content (AvgIpc) is 2.78. The fourth-order valence-electron chi connectivity index (χ4n) is 2.24. The molecule has 0 saturated carbocycles. The van der Waals surface area contributed by atoms with Gasteiger partial charge >= 0.3 is 0 Å². The Bertz CT molecular complexity index is 731. The van der Waals surface area contributed by atoms with E-state index in [-0.39, 0.29) is 12.3 Å². The van der Waals surface area contributed by atoms with Gasteiger partial charge in [0.15, 0.2) is 0 Å². The summed E-state index contributed by atoms with van der Waals surface area (Å²) < 4.78 is 1.98. The summed E-state index contributed by atoms with van der Waals surface area (Å²) in [6, 6.07) is 13.7. The molecule has 1 aromatic carbocycles. The van der Waals surface area contributed by atoms with Crippen LogP contribution in [0.3, 0.4) is 0 Å². The van der Waals surface area contributed by atoms with Crippen molar-refractivity contribution in [2.24, 2.45) is 5.73 Å². The summed E-state index contributed by atoms with van der Waals surface area (Å²) >= 11 is 0. The predicted octanol–water partition coefficient (Wildman–Crippen LogP) is 2.05. The van der Waals surface area contributed by atoms with E-state index in [9.17, 15) is 4.79 Å². The molecule has 2 N–H and O–H groups in total. The molecular formula is C15H13N3O. The predicted molar refractivity (Wildman–Crippen MR) is 74.0 cm³/mol. The Morgan fingerprint density at radius 3 is 2.68 bits per heavy atom. The van der Waals surface area contributed by atoms with E-state index in [0.29, 0.717) is 0 Å². The van der Waals surface area contributed by atoms with Crippen LogP contribution < -0.4 is 5.73 Å². The van der Waals surface area contributed by atoms with E-state index < -0.39 is 0 Å². The average molecular weight is 251 g/mol. The van der Waals surface area contributed by atoms with E-state index in [4.69, 9.17) is 5.73 Å². The number of rotatable bonds is 3. The molecule has 1 amide bonds. The maximum absolute atomic E-state index is 11.2. The van der Waals surface area contributed by atoms with Crippen molar-refractivity contribution in [1.82, 2.24) is 9.55 Å². The molecule has 0 atom stereocenters. The minimum Gasteiger partial charge on any atom is -0.369 e. The van der Waals surface area contributed by atoms with E-state index in [0.717, 1.165) is 22.3 Å². The maximum Gasteiger partial charge on any atom is 0.221 e. The number of carbonyl (C=O) groups excluding carboxylic acids is 1. The van der Waals surface area contributed by atoms with E-state index in [2.05, 4.69) is 4.98 Å². The van der Waals surface area contributed by atoms with Gasteiger partial charge in [-0.3, -0.25) is 4.79 Å². The number of nitrogens with two attached hydrogens (primary N) is 1. The minimum atomic E-state index is -0.337. The van der Waals surface area contributed by atoms with Gasteiger partial charge in [-0.15, -0.1) is 0 Å². The topological polar surface area (TPSA) is 60.9 Å². The fraction of sp³-hybridized carbons (Fsp3) is 0.0667. The van der Waals surface area contributed by atoms with Crippen molar-refractivity contribution in [2.45, 2.75) is 6.42 Å². The van der Waals surface area contributed by atoms with Crippen LogP contribution in [0.1, 0.15) is 5.56 Å². The molecule has 0 aliphatic carbocycles. The van der Waals surface area contributed by atoms with Crippen molar-refractivity contribution in [1.29, 1.82) is 0 Å². The number of primary amides is 1. The highest BCUT2D eigenvalue weighted by Crippen LogP contribution is 2.23. The summed E-state index contributed by atoms with van der Waals surface area (Å²) in [5, 5.41) is 0.963. The first-order valence-electron chi connectivity index (χ1n) is 6.04. The van der Waals surface area contributed by atoms with Gasteiger partial charge < -0.3 is 10.3 Å². The Labute approximate surface area is 110 Å². The summed E-state index contributed by atoms with van der Waals surface area (Å²) in [4.78, 5) is 15.5. The molecule has 0 unspecified atom stereocenters. The minimum absolute atomic E-state index is 0.224. The van der Waals surface area contributed by atoms with Crippen LogP contribution in [0.25, 0.3) is 16.7 Å². The number of carbonyl (C=O) groups is 1. The van der Waals surface area contributed by atoms with Gasteiger partial charge in [-0.25, -0.2) is 4.98 Å². The number of para-hydroxylation sites is 1. The Morgan fingerprint density at radius 2 is 1.95 bits per heavy atom. The standard InChI is InChI=1S/C15H13N3O/c16-14(19)9-11-10-18(12-5-2-1-3-6-12)15-13(11)7-4-8-17-15/h1-8,10H,9H2,(H2,16,19). The van der Waals surface area contributed by atoms with Crippen molar-refractivity contribution in [3.63, 3.8) is 0 Å². The molecule has 19 heavy (non-hydrogen) atoms. The second-order valence-corrected chi connectivity index (χ2v) is 4.38. The van der Waals surface area contributed by atoms with Gasteiger partial charge in [-0.05, 0) is 29.8 Å². The van der Waals surface area contributed by atoms with Crippen LogP contribution in [-0.2, 0) is 11.2 Å². The van der Waals surface area contributed by atoms with Gasteiger partial charge in [0, 0.05) is 23.5 Å². The Kier molecular flexibility index (Phi) is 2.76. The highest BCUT2D eigenvalue weighted by molar-refractivity contribution is 5.87. The van der Waals surface area contributed by atoms with Crippen molar-refractivity contribution in [3.05, 3.63) is 60.4 Å². The maximum atomic E-state index is 11.2. The van der Waals surface area contributed by atoms with Gasteiger partial charge in [-0.2, -0.15) is 0 Å². The third kappa shape index (κ3) is 2.08. The van der Waals surface area contributed by atoms with Crippen molar-refractivity contribution in [3.8, 4) is 5.69 Å². The molecule has 2 heterocycles. The van der Waals surface area contributed by atoms with Crippen LogP contribution in [0.2, 0.25) is 0 Å². The zero-order valence-electron chi connectivity index (χ0n) is 10.3. The van der Waals surface area contributed by atoms with Crippen LogP contribution in [0.4, 0.5) is 0 Å². The van der Waals surface area contributed by atoms with E-state index in [1.807, 2.05) is 53.2 Å². The lowest BCUT2D eigenvalue weighted by molar-refractivity contribution is -0.117. The number of amides is 1. The van der Waals surface area contributed by atoms with Crippen LogP contribution in [-0.4, -0.2) is 15.5 Å². The highest BCUT2D eigenvalue weighted by Gasteiger charge is 2.11. The van der Waals surface area contributed by atoms with Crippen LogP contribution in [0.15, 0.2) is 54.9 Å². The molecule has 0 bridgehead atoms. The van der Waals surface area contributed by atoms with Gasteiger partial charge in [0.1, 0.15) is 5.65 Å². The largest absolute Gasteiger partial charge is 0.369 e. The molecule has 0 aliphatic rings. The molecule has 0 fully saturated rings. The van der Waals surface area contributed by atoms with Gasteiger partial charge in [0.25, 0.3) is 0 Å². The van der Waals surface area contributed by atoms with E-state index in [1.54, 1.807) is 6.20 Å². The van der Waals surface area contributed by atoms with Crippen molar-refractivity contribution in [2.75, 3.05) is 0 Å². The van der Waals surface area contributed by atoms with Gasteiger partial charge in [0.05, 0.1) is 6.42 Å². The van der Waals surface area contributed by atoms with Crippen LogP contribution in [0.5, 0.6) is 0 Å². The molecule has 4 heteroatoms. The second kappa shape index (κ2) is 4.57. The molecule has 0 saturated heterocycles. The normalized spacial score (nSPS) is 10.7. The summed E-state index contributed by atoms with van der Waals surface area (Å²) in [5.41, 5.74) is 8.05. The molecular weight excluding hydrogens is 238 g/mol. The third-order valence-corrected chi connectivity index (χ3v) is 3.04. The van der Waals surface area contributed by atoms with E-state index in [1.165, 1.54) is 0 Å². The molecule has 3 aromatic rings. The first-order valence-corrected chi connectivity index (χ1v) is 6.04. The van der Waals surface area contributed by atoms with E-state index >= 15 is 0 Å². The Hall–Kier alpha value is -2.62. The number of hydrogen-bond donors (Lipinski definition) is 1. The first-order chi connectivity index (χ1) is 9.25. The van der Waals surface area contributed by atoms with Crippen LogP contribution >= 0.6 is 0 Å². The molecule has 0 spiro atoms. The fourth-order valence-corrected chi connectivity index (χ4v) is 2.24. The quantitative estimate of drug-likeness (QED) is 0.774. The Morgan fingerprint density at radius 1 is 1.16 bits per heavy atom. The lowest BCUT2D eigenvalue weighted by Gasteiger charge is -2.03. The van der Waals surface area contributed by atoms with Crippen molar-refractivity contribution >= 4 is 16.9 Å². The number of benzene rings is 1. The summed E-state index contributed by atoms with van der Waals surface area (Å²) in [6.45, 7) is 0. The number of pyridine rings is 1. The second-order valence-electron chi connectivity index (χ2n) is 4.38. The van der Waals surface area contributed by atoms with Crippen molar-refractivity contribution < 1.29 is 4.79 Å². The Balaban J connectivity index is 2.23. The number of hydrogen-bond acceptors (Lipinski definition) is 2. The summed E-state index contributed by atoms with van der Waals surface area (Å²) in [5.74, 6) is -0.337. The number of nitrogens with zero attached hydrogens (tertiary/aromatic N) is 2. The molecule has 4 nitrogen and oxygen atoms in total. The van der Waals surface area contributed by atoms with Gasteiger partial charge in [0.2, 0.25) is 5.91 Å². The molecule has 0 aliphatic heterocycles. The molecule has 2 aromatic heterocycles. The summed E-state index contributed by atoms with van der Waals surface area (Å²) in [6.07, 6.45) is 3.90. The molecule has 3 rings (SSSR count). The molecule has 94 valence electrons. The monoisotopic (exact) mass is 251 g/mol. The lowest BCUT2D eigenvalue weighted by Crippen LogP contribution is -2.13. The smallest absolute Gasteiger partial charge is 0.221 e. The molecule has 0 radical (unpaired) electrons. The zero-order chi connectivity index (χ0) is 13.2. The first kappa shape index (κ1) is 11.5. The SMILES string of the molecule is NC(=O)Cc1cn(-c2ccccc2)c2ncccc12. The highest BCUT2D eigenvalue weighted by atomic mass is 16.1. The zero-order valence-corrected chi connectivity index (χ0v) is 10.3. The lowest BCUT2D eigenvalue weighted by atomic mass is 10.1.